The van der Waals surface area contributed by atoms with Gasteiger partial charge in [0.25, 0.3) is 0 Å². The second-order valence-electron chi connectivity index (χ2n) is 17.1. The monoisotopic (exact) mass is 793 g/mol. The van der Waals surface area contributed by atoms with Crippen LogP contribution in [0.4, 0.5) is 0 Å². The van der Waals surface area contributed by atoms with Crippen molar-refractivity contribution >= 4 is 54.8 Å². The van der Waals surface area contributed by atoms with Gasteiger partial charge < -0.3 is 8.98 Å². The van der Waals surface area contributed by atoms with Crippen LogP contribution < -0.4 is 0 Å². The van der Waals surface area contributed by atoms with E-state index in [1.54, 1.807) is 0 Å². The molecule has 1 aliphatic carbocycles. The van der Waals surface area contributed by atoms with Crippen molar-refractivity contribution in [2.75, 3.05) is 0 Å². The molecule has 4 nitrogen and oxygen atoms in total. The average molecular weight is 794 g/mol. The lowest BCUT2D eigenvalue weighted by atomic mass is 9.81. The standard InChI is InChI=1S/C58H39N3O/c1-58(2)47-23-11-9-20-41(47)43-32-33-44-42-21-10-13-25-49(42)61(55(44)54(43)58)51-27-15-22-45-53-46(34-39(35-52(53)62-56(45)51)37-18-7-4-8-19-37)57-59-48-24-12-14-26-50(48)60(57)40-30-28-38(29-31-40)36-16-5-3-6-17-36/h3-35H,1-2H3. The van der Waals surface area contributed by atoms with Crippen molar-refractivity contribution in [3.8, 4) is 56.1 Å². The molecule has 0 atom stereocenters. The predicted molar refractivity (Wildman–Crippen MR) is 257 cm³/mol. The summed E-state index contributed by atoms with van der Waals surface area (Å²) in [5.41, 5.74) is 18.7. The summed E-state index contributed by atoms with van der Waals surface area (Å²) in [7, 11) is 0. The van der Waals surface area contributed by atoms with E-state index in [9.17, 15) is 0 Å². The largest absolute Gasteiger partial charge is 0.454 e. The third kappa shape index (κ3) is 4.92. The minimum absolute atomic E-state index is 0.213. The van der Waals surface area contributed by atoms with Crippen molar-refractivity contribution in [1.82, 2.24) is 14.1 Å². The Morgan fingerprint density at radius 3 is 1.94 bits per heavy atom. The topological polar surface area (TPSA) is 35.9 Å². The first-order chi connectivity index (χ1) is 30.5. The number of nitrogens with zero attached hydrogens (tertiary/aromatic N) is 3. The Balaban J connectivity index is 1.11. The fraction of sp³-hybridized carbons (Fsp3) is 0.0517. The summed E-state index contributed by atoms with van der Waals surface area (Å²) in [6.45, 7) is 4.75. The second-order valence-corrected chi connectivity index (χ2v) is 17.1. The number of hydrogen-bond acceptors (Lipinski definition) is 2. The quantitative estimate of drug-likeness (QED) is 0.174. The Labute approximate surface area is 358 Å². The molecule has 0 N–H and O–H groups in total. The van der Waals surface area contributed by atoms with E-state index in [1.165, 1.54) is 49.7 Å². The van der Waals surface area contributed by atoms with Gasteiger partial charge in [-0.05, 0) is 93.0 Å². The zero-order valence-corrected chi connectivity index (χ0v) is 34.3. The van der Waals surface area contributed by atoms with Gasteiger partial charge in [-0.2, -0.15) is 0 Å². The number of rotatable bonds is 5. The number of aromatic nitrogens is 3. The molecule has 4 heteroatoms. The molecule has 62 heavy (non-hydrogen) atoms. The van der Waals surface area contributed by atoms with Gasteiger partial charge in [-0.25, -0.2) is 4.98 Å². The molecule has 0 unspecified atom stereocenters. The summed E-state index contributed by atoms with van der Waals surface area (Å²) >= 11 is 0. The predicted octanol–water partition coefficient (Wildman–Crippen LogP) is 15.3. The molecule has 0 fully saturated rings. The highest BCUT2D eigenvalue weighted by atomic mass is 16.3. The van der Waals surface area contributed by atoms with Gasteiger partial charge in [0.2, 0.25) is 0 Å². The summed E-state index contributed by atoms with van der Waals surface area (Å²) in [6.07, 6.45) is 0. The molecular weight excluding hydrogens is 755 g/mol. The molecule has 292 valence electrons. The molecule has 13 rings (SSSR count). The second kappa shape index (κ2) is 13.0. The average Bonchev–Trinajstić information content (AvgIpc) is 4.06. The third-order valence-electron chi connectivity index (χ3n) is 13.3. The van der Waals surface area contributed by atoms with Gasteiger partial charge in [0.05, 0.1) is 27.8 Å². The maximum absolute atomic E-state index is 7.29. The first kappa shape index (κ1) is 34.9. The number of hydrogen-bond donors (Lipinski definition) is 0. The van der Waals surface area contributed by atoms with Crippen molar-refractivity contribution in [3.05, 3.63) is 211 Å². The Kier molecular flexibility index (Phi) is 7.32. The van der Waals surface area contributed by atoms with E-state index in [-0.39, 0.29) is 5.41 Å². The van der Waals surface area contributed by atoms with E-state index in [0.717, 1.165) is 72.4 Å². The van der Waals surface area contributed by atoms with E-state index in [2.05, 4.69) is 223 Å². The Morgan fingerprint density at radius 1 is 0.468 bits per heavy atom. The van der Waals surface area contributed by atoms with Crippen molar-refractivity contribution in [1.29, 1.82) is 0 Å². The lowest BCUT2D eigenvalue weighted by Gasteiger charge is -2.23. The summed E-state index contributed by atoms with van der Waals surface area (Å²) in [5.74, 6) is 0.865. The van der Waals surface area contributed by atoms with Gasteiger partial charge in [-0.15, -0.1) is 0 Å². The van der Waals surface area contributed by atoms with Crippen LogP contribution in [0.2, 0.25) is 0 Å². The van der Waals surface area contributed by atoms with E-state index >= 15 is 0 Å². The summed E-state index contributed by atoms with van der Waals surface area (Å²) < 4.78 is 12.1. The zero-order valence-electron chi connectivity index (χ0n) is 34.3. The highest BCUT2D eigenvalue weighted by molar-refractivity contribution is 6.18. The van der Waals surface area contributed by atoms with E-state index in [1.807, 2.05) is 0 Å². The number of para-hydroxylation sites is 4. The van der Waals surface area contributed by atoms with Crippen LogP contribution in [0.5, 0.6) is 0 Å². The van der Waals surface area contributed by atoms with Crippen LogP contribution in [0.3, 0.4) is 0 Å². The molecule has 0 spiro atoms. The SMILES string of the molecule is CC1(C)c2ccccc2-c2ccc3c4ccccc4n(-c4cccc5c4oc4cc(-c6ccccc6)cc(-c6nc7ccccc7n6-c6ccc(-c7ccccc7)cc6)c45)c3c21. The van der Waals surface area contributed by atoms with Gasteiger partial charge in [-0.3, -0.25) is 4.57 Å². The number of imidazole rings is 1. The van der Waals surface area contributed by atoms with Crippen molar-refractivity contribution in [2.24, 2.45) is 0 Å². The lowest BCUT2D eigenvalue weighted by molar-refractivity contribution is 0.660. The Bertz CT molecular complexity index is 3750. The molecule has 0 radical (unpaired) electrons. The first-order valence-electron chi connectivity index (χ1n) is 21.4. The Hall–Kier alpha value is -7.95. The van der Waals surface area contributed by atoms with Gasteiger partial charge >= 0.3 is 0 Å². The molecule has 0 saturated carbocycles. The van der Waals surface area contributed by atoms with Gasteiger partial charge in [-0.1, -0.05) is 166 Å². The van der Waals surface area contributed by atoms with E-state index in [4.69, 9.17) is 9.40 Å². The minimum atomic E-state index is -0.213. The zero-order chi connectivity index (χ0) is 41.1. The van der Waals surface area contributed by atoms with Gasteiger partial charge in [0.1, 0.15) is 11.4 Å². The van der Waals surface area contributed by atoms with Crippen LogP contribution in [0.25, 0.3) is 111 Å². The molecule has 3 aromatic heterocycles. The van der Waals surface area contributed by atoms with Crippen molar-refractivity contribution < 1.29 is 4.42 Å². The van der Waals surface area contributed by atoms with E-state index in [0.29, 0.717) is 0 Å². The van der Waals surface area contributed by atoms with Crippen LogP contribution in [-0.4, -0.2) is 14.1 Å². The molecule has 3 heterocycles. The molecule has 9 aromatic carbocycles. The highest BCUT2D eigenvalue weighted by Crippen LogP contribution is 2.53. The van der Waals surface area contributed by atoms with Crippen molar-refractivity contribution in [3.63, 3.8) is 0 Å². The number of furan rings is 1. The highest BCUT2D eigenvalue weighted by Gasteiger charge is 2.38. The number of benzene rings is 9. The lowest BCUT2D eigenvalue weighted by Crippen LogP contribution is -2.16. The van der Waals surface area contributed by atoms with Crippen LogP contribution >= 0.6 is 0 Å². The summed E-state index contributed by atoms with van der Waals surface area (Å²) in [6, 6.07) is 72.0. The number of fused-ring (bicyclic) bond motifs is 11. The van der Waals surface area contributed by atoms with Crippen LogP contribution in [-0.2, 0) is 5.41 Å². The van der Waals surface area contributed by atoms with Gasteiger partial charge in [0.15, 0.2) is 5.58 Å². The molecule has 0 bridgehead atoms. The smallest absolute Gasteiger partial charge is 0.159 e. The Morgan fingerprint density at radius 2 is 1.13 bits per heavy atom. The maximum atomic E-state index is 7.29. The first-order valence-corrected chi connectivity index (χ1v) is 21.4. The van der Waals surface area contributed by atoms with Crippen molar-refractivity contribution in [2.45, 2.75) is 19.3 Å². The van der Waals surface area contributed by atoms with Crippen LogP contribution in [0.15, 0.2) is 205 Å². The van der Waals surface area contributed by atoms with E-state index < -0.39 is 0 Å². The van der Waals surface area contributed by atoms with Gasteiger partial charge in [0, 0.05) is 38.2 Å². The molecule has 0 amide bonds. The molecular formula is C58H39N3O. The maximum Gasteiger partial charge on any atom is 0.159 e. The molecule has 0 aliphatic heterocycles. The van der Waals surface area contributed by atoms with Crippen LogP contribution in [0.1, 0.15) is 25.0 Å². The normalized spacial score (nSPS) is 13.1. The third-order valence-corrected chi connectivity index (χ3v) is 13.3. The molecule has 12 aromatic rings. The summed E-state index contributed by atoms with van der Waals surface area (Å²) in [5, 5.41) is 4.56. The summed E-state index contributed by atoms with van der Waals surface area (Å²) in [4.78, 5) is 5.46. The molecule has 1 aliphatic rings. The fourth-order valence-corrected chi connectivity index (χ4v) is 10.5. The minimum Gasteiger partial charge on any atom is -0.454 e. The molecule has 0 saturated heterocycles. The fourth-order valence-electron chi connectivity index (χ4n) is 10.5. The van der Waals surface area contributed by atoms with Crippen LogP contribution in [0, 0.1) is 0 Å².